The van der Waals surface area contributed by atoms with Crippen LogP contribution in [0.15, 0.2) is 47.4 Å². The molecule has 6 nitrogen and oxygen atoms in total. The quantitative estimate of drug-likeness (QED) is 0.653. The van der Waals surface area contributed by atoms with Crippen molar-refractivity contribution in [1.29, 1.82) is 0 Å². The van der Waals surface area contributed by atoms with E-state index >= 15 is 0 Å². The van der Waals surface area contributed by atoms with E-state index in [1.807, 2.05) is 30.0 Å². The van der Waals surface area contributed by atoms with Gasteiger partial charge in [-0.3, -0.25) is 4.79 Å². The fourth-order valence-corrected chi connectivity index (χ4v) is 6.12. The summed E-state index contributed by atoms with van der Waals surface area (Å²) in [6.45, 7) is 2.87. The lowest BCUT2D eigenvalue weighted by Crippen LogP contribution is -2.46. The first-order valence-corrected chi connectivity index (χ1v) is 12.3. The Labute approximate surface area is 191 Å². The van der Waals surface area contributed by atoms with Crippen LogP contribution in [0.4, 0.5) is 18.9 Å². The summed E-state index contributed by atoms with van der Waals surface area (Å²) in [6, 6.07) is 10.4. The van der Waals surface area contributed by atoms with E-state index in [4.69, 9.17) is 0 Å². The molecule has 0 atom stereocenters. The van der Waals surface area contributed by atoms with Gasteiger partial charge >= 0.3 is 6.36 Å². The number of anilines is 1. The van der Waals surface area contributed by atoms with Gasteiger partial charge in [-0.1, -0.05) is 24.3 Å². The van der Waals surface area contributed by atoms with Crippen LogP contribution < -0.4 is 9.64 Å². The first-order chi connectivity index (χ1) is 15.6. The number of benzene rings is 2. The van der Waals surface area contributed by atoms with Crippen molar-refractivity contribution < 1.29 is 31.1 Å². The van der Waals surface area contributed by atoms with Gasteiger partial charge < -0.3 is 9.64 Å². The SMILES string of the molecule is Cc1cccc2c1N(C(=O)C1CCN(S(=O)(=O)c3cccc(OC(F)(F)F)c3)CC1)CCC2. The van der Waals surface area contributed by atoms with Gasteiger partial charge in [-0.2, -0.15) is 4.31 Å². The minimum absolute atomic E-state index is 0.00266. The van der Waals surface area contributed by atoms with E-state index in [9.17, 15) is 26.4 Å². The van der Waals surface area contributed by atoms with Gasteiger partial charge in [0.1, 0.15) is 5.75 Å². The Kier molecular flexibility index (Phi) is 6.41. The molecular weight excluding hydrogens is 457 g/mol. The van der Waals surface area contributed by atoms with E-state index in [0.717, 1.165) is 41.8 Å². The third-order valence-electron chi connectivity index (χ3n) is 6.17. The van der Waals surface area contributed by atoms with Gasteiger partial charge in [-0.05, 0) is 55.9 Å². The molecule has 10 heteroatoms. The molecule has 0 bridgehead atoms. The molecule has 1 amide bonds. The van der Waals surface area contributed by atoms with Crippen LogP contribution in [0.1, 0.15) is 30.4 Å². The number of para-hydroxylation sites is 1. The maximum atomic E-state index is 13.3. The molecule has 33 heavy (non-hydrogen) atoms. The smallest absolute Gasteiger partial charge is 0.406 e. The number of sulfonamides is 1. The van der Waals surface area contributed by atoms with Gasteiger partial charge in [-0.15, -0.1) is 13.2 Å². The Bertz CT molecular complexity index is 1140. The van der Waals surface area contributed by atoms with E-state index in [2.05, 4.69) is 4.74 Å². The van der Waals surface area contributed by atoms with Crippen LogP contribution in [0.3, 0.4) is 0 Å². The van der Waals surface area contributed by atoms with Gasteiger partial charge in [0.2, 0.25) is 15.9 Å². The molecule has 0 unspecified atom stereocenters. The highest BCUT2D eigenvalue weighted by atomic mass is 32.2. The number of hydrogen-bond donors (Lipinski definition) is 0. The molecule has 0 spiro atoms. The standard InChI is InChI=1S/C23H25F3N2O4S/c1-16-5-2-6-17-7-4-12-28(21(16)17)22(29)18-10-13-27(14-11-18)33(30,31)20-9-3-8-19(15-20)32-23(24,25)26/h2-3,5-6,8-9,15,18H,4,7,10-14H2,1H3. The zero-order valence-electron chi connectivity index (χ0n) is 18.1. The summed E-state index contributed by atoms with van der Waals surface area (Å²) in [5.74, 6) is -0.891. The molecule has 1 saturated heterocycles. The van der Waals surface area contributed by atoms with Crippen molar-refractivity contribution in [2.45, 2.75) is 43.9 Å². The molecule has 0 N–H and O–H groups in total. The predicted molar refractivity (Wildman–Crippen MR) is 116 cm³/mol. The van der Waals surface area contributed by atoms with E-state index in [0.29, 0.717) is 19.4 Å². The molecule has 2 aliphatic rings. The summed E-state index contributed by atoms with van der Waals surface area (Å²) in [5.41, 5.74) is 3.15. The molecule has 0 aromatic heterocycles. The van der Waals surface area contributed by atoms with E-state index in [1.165, 1.54) is 16.4 Å². The molecular formula is C23H25F3N2O4S. The molecule has 0 saturated carbocycles. The number of fused-ring (bicyclic) bond motifs is 1. The Morgan fingerprint density at radius 2 is 1.76 bits per heavy atom. The Balaban J connectivity index is 1.45. The maximum absolute atomic E-state index is 13.3. The average Bonchev–Trinajstić information content (AvgIpc) is 2.77. The molecule has 4 rings (SSSR count). The third-order valence-corrected chi connectivity index (χ3v) is 8.06. The van der Waals surface area contributed by atoms with E-state index < -0.39 is 22.1 Å². The number of carbonyl (C=O) groups excluding carboxylic acids is 1. The topological polar surface area (TPSA) is 66.9 Å². The van der Waals surface area contributed by atoms with Crippen molar-refractivity contribution in [1.82, 2.24) is 4.31 Å². The molecule has 2 aromatic carbocycles. The van der Waals surface area contributed by atoms with Gasteiger partial charge in [0.15, 0.2) is 0 Å². The minimum atomic E-state index is -4.91. The number of ether oxygens (including phenoxy) is 1. The number of hydrogen-bond acceptors (Lipinski definition) is 4. The Hall–Kier alpha value is -2.59. The lowest BCUT2D eigenvalue weighted by Gasteiger charge is -2.36. The van der Waals surface area contributed by atoms with Crippen molar-refractivity contribution in [3.05, 3.63) is 53.6 Å². The summed E-state index contributed by atoms with van der Waals surface area (Å²) in [5, 5.41) is 0. The Morgan fingerprint density at radius 1 is 1.06 bits per heavy atom. The highest BCUT2D eigenvalue weighted by molar-refractivity contribution is 7.89. The van der Waals surface area contributed by atoms with Crippen LogP contribution in [0, 0.1) is 12.8 Å². The number of halogens is 3. The van der Waals surface area contributed by atoms with Crippen LogP contribution in [0.25, 0.3) is 0 Å². The lowest BCUT2D eigenvalue weighted by atomic mass is 9.93. The second kappa shape index (κ2) is 8.98. The number of rotatable bonds is 4. The number of carbonyl (C=O) groups is 1. The average molecular weight is 483 g/mol. The highest BCUT2D eigenvalue weighted by Gasteiger charge is 2.36. The zero-order chi connectivity index (χ0) is 23.8. The van der Waals surface area contributed by atoms with Crippen LogP contribution in [-0.2, 0) is 21.2 Å². The van der Waals surface area contributed by atoms with E-state index in [-0.39, 0.29) is 29.8 Å². The second-order valence-electron chi connectivity index (χ2n) is 8.38. The van der Waals surface area contributed by atoms with Crippen molar-refractivity contribution in [3.8, 4) is 5.75 Å². The Morgan fingerprint density at radius 3 is 2.45 bits per heavy atom. The number of aryl methyl sites for hydroxylation is 2. The second-order valence-corrected chi connectivity index (χ2v) is 10.3. The monoisotopic (exact) mass is 482 g/mol. The fourth-order valence-electron chi connectivity index (χ4n) is 4.61. The van der Waals surface area contributed by atoms with Gasteiger partial charge in [-0.25, -0.2) is 8.42 Å². The molecule has 0 radical (unpaired) electrons. The normalized spacial score (nSPS) is 18.1. The predicted octanol–water partition coefficient (Wildman–Crippen LogP) is 4.27. The first-order valence-electron chi connectivity index (χ1n) is 10.8. The number of nitrogens with zero attached hydrogens (tertiary/aromatic N) is 2. The number of alkyl halides is 3. The lowest BCUT2D eigenvalue weighted by molar-refractivity contribution is -0.274. The van der Waals surface area contributed by atoms with Crippen LogP contribution in [0.2, 0.25) is 0 Å². The van der Waals surface area contributed by atoms with Crippen molar-refractivity contribution in [3.63, 3.8) is 0 Å². The summed E-state index contributed by atoms with van der Waals surface area (Å²) >= 11 is 0. The molecule has 0 aliphatic carbocycles. The number of piperidine rings is 1. The van der Waals surface area contributed by atoms with Gasteiger partial charge in [0, 0.05) is 37.3 Å². The minimum Gasteiger partial charge on any atom is -0.406 e. The summed E-state index contributed by atoms with van der Waals surface area (Å²) in [4.78, 5) is 14.9. The van der Waals surface area contributed by atoms with Crippen LogP contribution in [-0.4, -0.2) is 44.6 Å². The van der Waals surface area contributed by atoms with Gasteiger partial charge in [0.25, 0.3) is 0 Å². The third kappa shape index (κ3) is 5.01. The molecule has 2 heterocycles. The molecule has 2 aromatic rings. The molecule has 178 valence electrons. The van der Waals surface area contributed by atoms with Crippen LogP contribution >= 0.6 is 0 Å². The fraction of sp³-hybridized carbons (Fsp3) is 0.435. The molecule has 2 aliphatic heterocycles. The largest absolute Gasteiger partial charge is 0.573 e. The summed E-state index contributed by atoms with van der Waals surface area (Å²) < 4.78 is 68.5. The van der Waals surface area contributed by atoms with Crippen LogP contribution in [0.5, 0.6) is 5.75 Å². The highest BCUT2D eigenvalue weighted by Crippen LogP contribution is 2.34. The van der Waals surface area contributed by atoms with Crippen molar-refractivity contribution in [2.75, 3.05) is 24.5 Å². The van der Waals surface area contributed by atoms with Gasteiger partial charge in [0.05, 0.1) is 4.90 Å². The van der Waals surface area contributed by atoms with Crippen molar-refractivity contribution in [2.24, 2.45) is 5.92 Å². The van der Waals surface area contributed by atoms with Crippen molar-refractivity contribution >= 4 is 21.6 Å². The maximum Gasteiger partial charge on any atom is 0.573 e. The first kappa shape index (κ1) is 23.6. The zero-order valence-corrected chi connectivity index (χ0v) is 19.0. The number of amides is 1. The summed E-state index contributed by atoms with van der Waals surface area (Å²) in [6.07, 6.45) is -2.39. The molecule has 1 fully saturated rings. The summed E-state index contributed by atoms with van der Waals surface area (Å²) in [7, 11) is -4.01. The van der Waals surface area contributed by atoms with E-state index in [1.54, 1.807) is 0 Å².